The Balaban J connectivity index is 2.80. The zero-order chi connectivity index (χ0) is 10.7. The van der Waals surface area contributed by atoms with Crippen molar-refractivity contribution in [1.82, 2.24) is 0 Å². The zero-order valence-electron chi connectivity index (χ0n) is 9.26. The highest BCUT2D eigenvalue weighted by molar-refractivity contribution is 5.32. The Morgan fingerprint density at radius 3 is 2.29 bits per heavy atom. The molecule has 0 amide bonds. The van der Waals surface area contributed by atoms with E-state index in [0.29, 0.717) is 6.10 Å². The molecule has 2 nitrogen and oxygen atoms in total. The summed E-state index contributed by atoms with van der Waals surface area (Å²) in [5.41, 5.74) is 8.71. The van der Waals surface area contributed by atoms with Crippen molar-refractivity contribution >= 4 is 0 Å². The van der Waals surface area contributed by atoms with Crippen molar-refractivity contribution in [2.75, 3.05) is 0 Å². The molecule has 2 heteroatoms. The highest BCUT2D eigenvalue weighted by Gasteiger charge is 2.25. The van der Waals surface area contributed by atoms with Gasteiger partial charge in [0, 0.05) is 0 Å². The van der Waals surface area contributed by atoms with Crippen molar-refractivity contribution < 1.29 is 4.74 Å². The molecule has 0 saturated heterocycles. The first-order valence-electron chi connectivity index (χ1n) is 4.98. The molecule has 0 heterocycles. The quantitative estimate of drug-likeness (QED) is 0.550. The van der Waals surface area contributed by atoms with Crippen LogP contribution in [0.3, 0.4) is 0 Å². The molecule has 0 aromatic heterocycles. The van der Waals surface area contributed by atoms with Gasteiger partial charge in [-0.25, -0.2) is 0 Å². The van der Waals surface area contributed by atoms with E-state index in [1.54, 1.807) is 0 Å². The molecule has 0 aliphatic heterocycles. The van der Waals surface area contributed by atoms with Gasteiger partial charge in [-0.3, -0.25) is 0 Å². The minimum absolute atomic E-state index is 0.374. The molecule has 1 fully saturated rings. The Morgan fingerprint density at radius 1 is 1.36 bits per heavy atom. The average Bonchev–Trinajstić information content (AvgIpc) is 2.84. The molecule has 0 atom stereocenters. The molecule has 2 N–H and O–H groups in total. The fourth-order valence-electron chi connectivity index (χ4n) is 1.01. The van der Waals surface area contributed by atoms with Gasteiger partial charge in [0.15, 0.2) is 0 Å². The summed E-state index contributed by atoms with van der Waals surface area (Å²) in [5, 5.41) is 0. The molecule has 0 aromatic carbocycles. The van der Waals surface area contributed by atoms with Crippen LogP contribution in [-0.4, -0.2) is 6.10 Å². The van der Waals surface area contributed by atoms with Gasteiger partial charge >= 0.3 is 0 Å². The lowest BCUT2D eigenvalue weighted by Gasteiger charge is -2.11. The average molecular weight is 193 g/mol. The number of ether oxygens (including phenoxy) is 1. The van der Waals surface area contributed by atoms with Crippen molar-refractivity contribution in [3.05, 3.63) is 35.3 Å². The maximum atomic E-state index is 5.93. The summed E-state index contributed by atoms with van der Waals surface area (Å²) in [7, 11) is 0. The first-order chi connectivity index (χ1) is 6.50. The van der Waals surface area contributed by atoms with E-state index in [-0.39, 0.29) is 0 Å². The maximum Gasteiger partial charge on any atom is 0.142 e. The van der Waals surface area contributed by atoms with Crippen molar-refractivity contribution in [3.8, 4) is 0 Å². The van der Waals surface area contributed by atoms with Crippen molar-refractivity contribution in [1.29, 1.82) is 0 Å². The van der Waals surface area contributed by atoms with E-state index < -0.39 is 0 Å². The first-order valence-corrected chi connectivity index (χ1v) is 4.98. The summed E-state index contributed by atoms with van der Waals surface area (Å²) in [6.45, 7) is 9.74. The van der Waals surface area contributed by atoms with Crippen molar-refractivity contribution in [2.45, 2.75) is 39.7 Å². The Labute approximate surface area is 86.1 Å². The summed E-state index contributed by atoms with van der Waals surface area (Å²) in [6.07, 6.45) is 4.56. The Kier molecular flexibility index (Phi) is 3.39. The van der Waals surface area contributed by atoms with Gasteiger partial charge in [0.1, 0.15) is 5.76 Å². The van der Waals surface area contributed by atoms with Crippen LogP contribution in [0.5, 0.6) is 0 Å². The van der Waals surface area contributed by atoms with Crippen LogP contribution in [0.4, 0.5) is 0 Å². The van der Waals surface area contributed by atoms with Crippen molar-refractivity contribution in [2.24, 2.45) is 5.73 Å². The van der Waals surface area contributed by atoms with E-state index in [1.165, 1.54) is 0 Å². The molecule has 0 radical (unpaired) electrons. The number of hydrogen-bond acceptors (Lipinski definition) is 2. The molecule has 1 aliphatic carbocycles. The smallest absolute Gasteiger partial charge is 0.142 e. The van der Waals surface area contributed by atoms with Gasteiger partial charge in [0.05, 0.1) is 11.8 Å². The van der Waals surface area contributed by atoms with Gasteiger partial charge in [-0.05, 0) is 45.3 Å². The molecule has 0 aromatic rings. The number of rotatable bonds is 4. The first kappa shape index (κ1) is 10.9. The van der Waals surface area contributed by atoms with Crippen LogP contribution < -0.4 is 5.73 Å². The lowest BCUT2D eigenvalue weighted by atomic mass is 10.2. The standard InChI is InChI=1S/C12H19NO/c1-8(2)7-11(12(13)9(3)4)14-10-5-6-10/h7,10H,1,5-6,13H2,2-4H3/b11-7+. The summed E-state index contributed by atoms with van der Waals surface area (Å²) >= 11 is 0. The van der Waals surface area contributed by atoms with E-state index >= 15 is 0 Å². The van der Waals surface area contributed by atoms with E-state index in [9.17, 15) is 0 Å². The Morgan fingerprint density at radius 2 is 1.93 bits per heavy atom. The summed E-state index contributed by atoms with van der Waals surface area (Å²) in [4.78, 5) is 0. The van der Waals surface area contributed by atoms with Crippen LogP contribution in [0, 0.1) is 0 Å². The molecule has 78 valence electrons. The van der Waals surface area contributed by atoms with Crippen molar-refractivity contribution in [3.63, 3.8) is 0 Å². The molecule has 0 unspecified atom stereocenters. The SMILES string of the molecule is C=C(C)/C=C(/OC1CC1)C(N)=C(C)C. The highest BCUT2D eigenvalue weighted by atomic mass is 16.5. The van der Waals surface area contributed by atoms with Crippen LogP contribution >= 0.6 is 0 Å². The van der Waals surface area contributed by atoms with E-state index in [1.807, 2.05) is 26.8 Å². The van der Waals surface area contributed by atoms with Crippen LogP contribution in [0.25, 0.3) is 0 Å². The predicted molar refractivity (Wildman–Crippen MR) is 59.6 cm³/mol. The second kappa shape index (κ2) is 4.36. The monoisotopic (exact) mass is 193 g/mol. The second-order valence-electron chi connectivity index (χ2n) is 4.09. The van der Waals surface area contributed by atoms with Gasteiger partial charge in [-0.15, -0.1) is 0 Å². The largest absolute Gasteiger partial charge is 0.488 e. The minimum Gasteiger partial charge on any atom is -0.488 e. The number of allylic oxidation sites excluding steroid dienone is 3. The topological polar surface area (TPSA) is 35.2 Å². The number of nitrogens with two attached hydrogens (primary N) is 1. The van der Waals surface area contributed by atoms with Crippen LogP contribution in [0.2, 0.25) is 0 Å². The van der Waals surface area contributed by atoms with Gasteiger partial charge < -0.3 is 10.5 Å². The zero-order valence-corrected chi connectivity index (χ0v) is 9.26. The normalized spacial score (nSPS) is 16.4. The Bertz CT molecular complexity index is 291. The molecule has 0 spiro atoms. The van der Waals surface area contributed by atoms with Gasteiger partial charge in [-0.2, -0.15) is 0 Å². The summed E-state index contributed by atoms with van der Waals surface area (Å²) < 4.78 is 5.71. The minimum atomic E-state index is 0.374. The van der Waals surface area contributed by atoms with E-state index in [2.05, 4.69) is 6.58 Å². The van der Waals surface area contributed by atoms with Crippen LogP contribution in [0.15, 0.2) is 35.3 Å². The Hall–Kier alpha value is -1.18. The fourth-order valence-corrected chi connectivity index (χ4v) is 1.01. The van der Waals surface area contributed by atoms with Gasteiger partial charge in [-0.1, -0.05) is 12.2 Å². The molecule has 0 bridgehead atoms. The lowest BCUT2D eigenvalue weighted by molar-refractivity contribution is 0.203. The maximum absolute atomic E-state index is 5.93. The predicted octanol–water partition coefficient (Wildman–Crippen LogP) is 2.88. The number of hydrogen-bond donors (Lipinski definition) is 1. The molecular formula is C12H19NO. The third kappa shape index (κ3) is 3.29. The van der Waals surface area contributed by atoms with E-state index in [0.717, 1.165) is 35.4 Å². The summed E-state index contributed by atoms with van der Waals surface area (Å²) in [6, 6.07) is 0. The van der Waals surface area contributed by atoms with Crippen LogP contribution in [0.1, 0.15) is 33.6 Å². The van der Waals surface area contributed by atoms with E-state index in [4.69, 9.17) is 10.5 Å². The summed E-state index contributed by atoms with van der Waals surface area (Å²) in [5.74, 6) is 0.778. The fraction of sp³-hybridized carbons (Fsp3) is 0.500. The lowest BCUT2D eigenvalue weighted by Crippen LogP contribution is -2.08. The third-order valence-electron chi connectivity index (χ3n) is 2.00. The van der Waals surface area contributed by atoms with Gasteiger partial charge in [0.25, 0.3) is 0 Å². The highest BCUT2D eigenvalue weighted by Crippen LogP contribution is 2.28. The second-order valence-corrected chi connectivity index (χ2v) is 4.09. The molecule has 1 saturated carbocycles. The molecule has 1 aliphatic rings. The van der Waals surface area contributed by atoms with Crippen LogP contribution in [-0.2, 0) is 4.74 Å². The molecule has 1 rings (SSSR count). The molecule has 14 heavy (non-hydrogen) atoms. The van der Waals surface area contributed by atoms with Gasteiger partial charge in [0.2, 0.25) is 0 Å². The molecular weight excluding hydrogens is 174 g/mol. The third-order valence-corrected chi connectivity index (χ3v) is 2.00.